The fraction of sp³-hybridized carbons (Fsp3) is 0.500. The second kappa shape index (κ2) is 7.67. The molecule has 0 radical (unpaired) electrons. The summed E-state index contributed by atoms with van der Waals surface area (Å²) in [5.41, 5.74) is 4.87. The molecule has 1 aliphatic rings. The molecule has 0 aliphatic heterocycles. The topological polar surface area (TPSA) is 45.2 Å². The van der Waals surface area contributed by atoms with Crippen LogP contribution in [0.4, 0.5) is 5.69 Å². The summed E-state index contributed by atoms with van der Waals surface area (Å²) in [6.45, 7) is 7.02. The Bertz CT molecular complexity index is 768. The van der Waals surface area contributed by atoms with Crippen LogP contribution < -0.4 is 5.32 Å². The average Bonchev–Trinajstić information content (AvgIpc) is 3.17. The van der Waals surface area contributed by atoms with Crippen LogP contribution in [0.1, 0.15) is 52.5 Å². The lowest BCUT2D eigenvalue weighted by Crippen LogP contribution is -2.27. The molecule has 0 unspecified atom stereocenters. The van der Waals surface area contributed by atoms with E-state index in [4.69, 9.17) is 0 Å². The number of carbonyl (C=O) groups excluding carboxylic acids is 1. The quantitative estimate of drug-likeness (QED) is 0.840. The number of anilines is 1. The van der Waals surface area contributed by atoms with Crippen LogP contribution in [0.3, 0.4) is 0 Å². The van der Waals surface area contributed by atoms with Gasteiger partial charge >= 0.3 is 0 Å². The molecule has 2 aromatic rings. The smallest absolute Gasteiger partial charge is 0.225 e. The Kier molecular flexibility index (Phi) is 5.54. The largest absolute Gasteiger partial charge is 0.326 e. The van der Waals surface area contributed by atoms with E-state index in [0.29, 0.717) is 13.0 Å². The van der Waals surface area contributed by atoms with E-state index in [2.05, 4.69) is 48.2 Å². The van der Waals surface area contributed by atoms with Crippen molar-refractivity contribution in [3.8, 4) is 0 Å². The Hall–Kier alpha value is -1.72. The van der Waals surface area contributed by atoms with Crippen molar-refractivity contribution in [3.63, 3.8) is 0 Å². The Morgan fingerprint density at radius 1 is 1.32 bits per heavy atom. The second-order valence-corrected chi connectivity index (χ2v) is 8.37. The van der Waals surface area contributed by atoms with Crippen molar-refractivity contribution in [2.24, 2.45) is 0 Å². The maximum atomic E-state index is 12.3. The molecule has 1 amide bonds. The lowest BCUT2D eigenvalue weighted by molar-refractivity contribution is -0.116. The van der Waals surface area contributed by atoms with Gasteiger partial charge in [-0.25, -0.2) is 4.98 Å². The van der Waals surface area contributed by atoms with Gasteiger partial charge in [-0.15, -0.1) is 11.3 Å². The zero-order valence-electron chi connectivity index (χ0n) is 15.6. The molecule has 1 N–H and O–H groups in total. The lowest BCUT2D eigenvalue weighted by Gasteiger charge is -2.23. The van der Waals surface area contributed by atoms with E-state index in [1.165, 1.54) is 28.8 Å². The number of hydrogen-bond donors (Lipinski definition) is 1. The number of nitrogens with zero attached hydrogens (tertiary/aromatic N) is 2. The summed E-state index contributed by atoms with van der Waals surface area (Å²) >= 11 is 1.73. The molecule has 3 rings (SSSR count). The Morgan fingerprint density at radius 3 is 2.80 bits per heavy atom. The summed E-state index contributed by atoms with van der Waals surface area (Å²) in [5.74, 6) is 0.0724. The van der Waals surface area contributed by atoms with Crippen LogP contribution in [-0.4, -0.2) is 29.4 Å². The van der Waals surface area contributed by atoms with E-state index in [9.17, 15) is 4.79 Å². The third-order valence-corrected chi connectivity index (χ3v) is 5.97. The third kappa shape index (κ3) is 4.28. The number of amides is 1. The maximum absolute atomic E-state index is 12.3. The summed E-state index contributed by atoms with van der Waals surface area (Å²) in [6.07, 6.45) is 4.01. The minimum absolute atomic E-state index is 0.0724. The fourth-order valence-electron chi connectivity index (χ4n) is 3.49. The molecule has 1 aromatic heterocycles. The van der Waals surface area contributed by atoms with E-state index in [1.807, 2.05) is 13.0 Å². The molecule has 0 saturated heterocycles. The molecule has 25 heavy (non-hydrogen) atoms. The van der Waals surface area contributed by atoms with Crippen LogP contribution in [0.5, 0.6) is 0 Å². The Morgan fingerprint density at radius 2 is 2.08 bits per heavy atom. The molecule has 5 heteroatoms. The van der Waals surface area contributed by atoms with Crippen LogP contribution in [0.15, 0.2) is 18.2 Å². The van der Waals surface area contributed by atoms with Crippen molar-refractivity contribution in [1.82, 2.24) is 9.88 Å². The van der Waals surface area contributed by atoms with Gasteiger partial charge in [0.25, 0.3) is 0 Å². The van der Waals surface area contributed by atoms with Gasteiger partial charge in [0.15, 0.2) is 0 Å². The van der Waals surface area contributed by atoms with Crippen molar-refractivity contribution < 1.29 is 4.79 Å². The SMILES string of the molecule is Cc1nc([C@@H](C)N(C)CCC(=O)Nc2ccc3c(c2)CCC3)c(C)s1. The molecule has 1 aliphatic carbocycles. The Balaban J connectivity index is 1.52. The highest BCUT2D eigenvalue weighted by atomic mass is 32.1. The summed E-state index contributed by atoms with van der Waals surface area (Å²) in [4.78, 5) is 20.4. The predicted molar refractivity (Wildman–Crippen MR) is 104 cm³/mol. The van der Waals surface area contributed by atoms with Gasteiger partial charge in [0.2, 0.25) is 5.91 Å². The minimum atomic E-state index is 0.0724. The van der Waals surface area contributed by atoms with Crippen molar-refractivity contribution in [3.05, 3.63) is 44.9 Å². The van der Waals surface area contributed by atoms with Crippen molar-refractivity contribution in [2.45, 2.75) is 52.5 Å². The van der Waals surface area contributed by atoms with Crippen molar-refractivity contribution >= 4 is 22.9 Å². The molecule has 0 saturated carbocycles. The number of fused-ring (bicyclic) bond motifs is 1. The number of aryl methyl sites for hydroxylation is 4. The van der Waals surface area contributed by atoms with Gasteiger partial charge < -0.3 is 5.32 Å². The zero-order valence-corrected chi connectivity index (χ0v) is 16.4. The minimum Gasteiger partial charge on any atom is -0.326 e. The average molecular weight is 358 g/mol. The lowest BCUT2D eigenvalue weighted by atomic mass is 10.1. The van der Waals surface area contributed by atoms with Gasteiger partial charge in [-0.3, -0.25) is 9.69 Å². The summed E-state index contributed by atoms with van der Waals surface area (Å²) in [6, 6.07) is 6.53. The molecule has 134 valence electrons. The van der Waals surface area contributed by atoms with Gasteiger partial charge in [0.1, 0.15) is 0 Å². The molecule has 1 atom stereocenters. The predicted octanol–water partition coefficient (Wildman–Crippen LogP) is 4.27. The number of carbonyl (C=O) groups is 1. The van der Waals surface area contributed by atoms with E-state index >= 15 is 0 Å². The van der Waals surface area contributed by atoms with Crippen LogP contribution in [0, 0.1) is 13.8 Å². The number of aromatic nitrogens is 1. The highest BCUT2D eigenvalue weighted by molar-refractivity contribution is 7.11. The van der Waals surface area contributed by atoms with Gasteiger partial charge in [-0.05, 0) is 70.3 Å². The molecular formula is C20H27N3OS. The third-order valence-electron chi connectivity index (χ3n) is 5.07. The van der Waals surface area contributed by atoms with Gasteiger partial charge in [0, 0.05) is 23.5 Å². The van der Waals surface area contributed by atoms with Crippen molar-refractivity contribution in [1.29, 1.82) is 0 Å². The highest BCUT2D eigenvalue weighted by Crippen LogP contribution is 2.27. The van der Waals surface area contributed by atoms with E-state index in [-0.39, 0.29) is 11.9 Å². The number of hydrogen-bond acceptors (Lipinski definition) is 4. The number of rotatable bonds is 6. The van der Waals surface area contributed by atoms with Crippen LogP contribution >= 0.6 is 11.3 Å². The zero-order chi connectivity index (χ0) is 18.0. The summed E-state index contributed by atoms with van der Waals surface area (Å²) in [7, 11) is 2.06. The second-order valence-electron chi connectivity index (χ2n) is 6.97. The van der Waals surface area contributed by atoms with E-state index in [1.54, 1.807) is 11.3 Å². The van der Waals surface area contributed by atoms with Gasteiger partial charge in [-0.2, -0.15) is 0 Å². The molecule has 0 fully saturated rings. The maximum Gasteiger partial charge on any atom is 0.225 e. The molecule has 1 heterocycles. The molecule has 0 spiro atoms. The van der Waals surface area contributed by atoms with Gasteiger partial charge in [-0.1, -0.05) is 6.07 Å². The first-order valence-electron chi connectivity index (χ1n) is 9.00. The molecule has 1 aromatic carbocycles. The Labute approximate surface area is 154 Å². The summed E-state index contributed by atoms with van der Waals surface area (Å²) < 4.78 is 0. The van der Waals surface area contributed by atoms with Crippen LogP contribution in [-0.2, 0) is 17.6 Å². The highest BCUT2D eigenvalue weighted by Gasteiger charge is 2.18. The molecular weight excluding hydrogens is 330 g/mol. The normalized spacial score (nSPS) is 14.6. The standard InChI is InChI=1S/C20H27N3OS/c1-13(20-14(2)25-15(3)21-20)23(4)11-10-19(24)22-18-9-8-16-6-5-7-17(16)12-18/h8-9,12-13H,5-7,10-11H2,1-4H3,(H,22,24)/t13-/m1/s1. The van der Waals surface area contributed by atoms with Gasteiger partial charge in [0.05, 0.1) is 16.7 Å². The molecule has 4 nitrogen and oxygen atoms in total. The van der Waals surface area contributed by atoms with E-state index in [0.717, 1.165) is 22.8 Å². The first-order chi connectivity index (χ1) is 11.9. The van der Waals surface area contributed by atoms with Crippen molar-refractivity contribution in [2.75, 3.05) is 18.9 Å². The molecule has 0 bridgehead atoms. The summed E-state index contributed by atoms with van der Waals surface area (Å²) in [5, 5.41) is 4.14. The number of thiazole rings is 1. The van der Waals surface area contributed by atoms with Crippen LogP contribution in [0.2, 0.25) is 0 Å². The fourth-order valence-corrected chi connectivity index (χ4v) is 4.39. The first kappa shape index (κ1) is 18.1. The van der Waals surface area contributed by atoms with E-state index < -0.39 is 0 Å². The number of nitrogens with one attached hydrogen (secondary N) is 1. The number of benzene rings is 1. The monoisotopic (exact) mass is 357 g/mol. The van der Waals surface area contributed by atoms with Crippen LogP contribution in [0.25, 0.3) is 0 Å². The first-order valence-corrected chi connectivity index (χ1v) is 9.81.